The Morgan fingerprint density at radius 3 is 2.69 bits per heavy atom. The molecule has 2 aliphatic rings. The van der Waals surface area contributed by atoms with E-state index < -0.39 is 16.8 Å². The third-order valence-corrected chi connectivity index (χ3v) is 4.63. The number of fused-ring (bicyclic) bond motifs is 2. The van der Waals surface area contributed by atoms with Crippen LogP contribution >= 0.6 is 0 Å². The largest absolute Gasteiger partial charge is 0.440 e. The number of carbonyl (C=O) groups excluding carboxylic acids is 1. The number of non-ortho nitro benzene ring substituents is 1. The number of para-hydroxylation sites is 1. The van der Waals surface area contributed by atoms with E-state index in [0.717, 1.165) is 0 Å². The summed E-state index contributed by atoms with van der Waals surface area (Å²) < 4.78 is 5.46. The summed E-state index contributed by atoms with van der Waals surface area (Å²) >= 11 is 0. The molecule has 0 unspecified atom stereocenters. The van der Waals surface area contributed by atoms with Gasteiger partial charge in [0.2, 0.25) is 11.8 Å². The summed E-state index contributed by atoms with van der Waals surface area (Å²) in [6, 6.07) is 13.2. The Hall–Kier alpha value is -3.86. The minimum absolute atomic E-state index is 0.0786. The summed E-state index contributed by atoms with van der Waals surface area (Å²) in [5, 5.41) is 23.6. The van der Waals surface area contributed by atoms with Gasteiger partial charge < -0.3 is 15.8 Å². The lowest BCUT2D eigenvalue weighted by Crippen LogP contribution is -2.27. The lowest BCUT2D eigenvalue weighted by Gasteiger charge is -2.29. The van der Waals surface area contributed by atoms with E-state index in [0.29, 0.717) is 22.6 Å². The van der Waals surface area contributed by atoms with Gasteiger partial charge in [-0.3, -0.25) is 14.9 Å². The number of nitro groups is 1. The van der Waals surface area contributed by atoms with E-state index in [-0.39, 0.29) is 23.1 Å². The number of hydrogen-bond donors (Lipinski definition) is 2. The highest BCUT2D eigenvalue weighted by Crippen LogP contribution is 2.50. The number of allylic oxidation sites excluding steroid dienone is 1. The first-order valence-corrected chi connectivity index (χ1v) is 7.77. The van der Waals surface area contributed by atoms with Crippen molar-refractivity contribution in [1.82, 2.24) is 0 Å². The number of hydrogen-bond acceptors (Lipinski definition) is 6. The summed E-state index contributed by atoms with van der Waals surface area (Å²) in [5.41, 5.74) is 7.57. The summed E-state index contributed by atoms with van der Waals surface area (Å²) in [6.45, 7) is 0. The van der Waals surface area contributed by atoms with Crippen molar-refractivity contribution < 1.29 is 14.5 Å². The SMILES string of the molecule is N#CC1=C(N)Oc2ccc([N+](=O)[O-])cc2[C@H]1[C@H]1C(=O)Nc2ccccc21. The fraction of sp³-hybridized carbons (Fsp3) is 0.111. The van der Waals surface area contributed by atoms with Crippen LogP contribution in [0.15, 0.2) is 53.9 Å². The van der Waals surface area contributed by atoms with Crippen LogP contribution in [0.5, 0.6) is 5.75 Å². The predicted octanol–water partition coefficient (Wildman–Crippen LogP) is 2.50. The summed E-state index contributed by atoms with van der Waals surface area (Å²) in [5.74, 6) is -1.60. The number of benzene rings is 2. The monoisotopic (exact) mass is 348 g/mol. The molecule has 0 radical (unpaired) electrons. The number of nitrogens with one attached hydrogen (secondary N) is 1. The van der Waals surface area contributed by atoms with Gasteiger partial charge in [0.05, 0.1) is 16.4 Å². The molecule has 2 atom stereocenters. The third-order valence-electron chi connectivity index (χ3n) is 4.63. The highest BCUT2D eigenvalue weighted by molar-refractivity contribution is 6.04. The normalized spacial score (nSPS) is 20.5. The molecule has 8 heteroatoms. The number of nitrogens with zero attached hydrogens (tertiary/aromatic N) is 2. The van der Waals surface area contributed by atoms with Crippen molar-refractivity contribution in [2.75, 3.05) is 5.32 Å². The Morgan fingerprint density at radius 2 is 1.96 bits per heavy atom. The van der Waals surface area contributed by atoms with Gasteiger partial charge in [-0.15, -0.1) is 0 Å². The fourth-order valence-electron chi connectivity index (χ4n) is 3.50. The van der Waals surface area contributed by atoms with E-state index in [2.05, 4.69) is 5.32 Å². The second-order valence-electron chi connectivity index (χ2n) is 6.00. The number of nitrogens with two attached hydrogens (primary N) is 1. The molecule has 0 aliphatic carbocycles. The molecule has 3 N–H and O–H groups in total. The molecular weight excluding hydrogens is 336 g/mol. The van der Waals surface area contributed by atoms with E-state index in [1.54, 1.807) is 24.3 Å². The molecule has 0 spiro atoms. The molecule has 0 aromatic heterocycles. The first-order valence-electron chi connectivity index (χ1n) is 7.77. The number of nitriles is 1. The Kier molecular flexibility index (Phi) is 3.37. The summed E-state index contributed by atoms with van der Waals surface area (Å²) in [6.07, 6.45) is 0. The van der Waals surface area contributed by atoms with Gasteiger partial charge in [0.25, 0.3) is 5.69 Å². The zero-order valence-electron chi connectivity index (χ0n) is 13.3. The molecule has 0 saturated carbocycles. The molecule has 0 fully saturated rings. The van der Waals surface area contributed by atoms with Crippen molar-refractivity contribution >= 4 is 17.3 Å². The second-order valence-corrected chi connectivity index (χ2v) is 6.00. The Bertz CT molecular complexity index is 1040. The summed E-state index contributed by atoms with van der Waals surface area (Å²) in [7, 11) is 0. The molecule has 0 saturated heterocycles. The highest BCUT2D eigenvalue weighted by Gasteiger charge is 2.44. The topological polar surface area (TPSA) is 131 Å². The molecule has 2 aliphatic heterocycles. The van der Waals surface area contributed by atoms with Gasteiger partial charge in [-0.1, -0.05) is 18.2 Å². The lowest BCUT2D eigenvalue weighted by molar-refractivity contribution is -0.385. The van der Waals surface area contributed by atoms with E-state index in [4.69, 9.17) is 10.5 Å². The average molecular weight is 348 g/mol. The van der Waals surface area contributed by atoms with Crippen LogP contribution in [0.1, 0.15) is 23.0 Å². The fourth-order valence-corrected chi connectivity index (χ4v) is 3.50. The zero-order valence-corrected chi connectivity index (χ0v) is 13.3. The first-order chi connectivity index (χ1) is 12.5. The molecule has 2 aromatic rings. The minimum Gasteiger partial charge on any atom is -0.440 e. The van der Waals surface area contributed by atoms with Crippen LogP contribution in [0.3, 0.4) is 0 Å². The molecule has 128 valence electrons. The van der Waals surface area contributed by atoms with Crippen molar-refractivity contribution in [3.05, 3.63) is 75.2 Å². The maximum atomic E-state index is 12.7. The molecular formula is C18H12N4O4. The van der Waals surface area contributed by atoms with Crippen molar-refractivity contribution in [1.29, 1.82) is 5.26 Å². The van der Waals surface area contributed by atoms with Crippen molar-refractivity contribution in [2.45, 2.75) is 11.8 Å². The zero-order chi connectivity index (χ0) is 18.4. The van der Waals surface area contributed by atoms with Crippen LogP contribution in [0.2, 0.25) is 0 Å². The third kappa shape index (κ3) is 2.18. The van der Waals surface area contributed by atoms with Gasteiger partial charge in [0, 0.05) is 29.3 Å². The van der Waals surface area contributed by atoms with E-state index in [1.165, 1.54) is 18.2 Å². The minimum atomic E-state index is -0.771. The number of carbonyl (C=O) groups is 1. The number of ether oxygens (including phenoxy) is 1. The Labute approximate surface area is 147 Å². The predicted molar refractivity (Wildman–Crippen MR) is 91.1 cm³/mol. The lowest BCUT2D eigenvalue weighted by atomic mass is 9.76. The van der Waals surface area contributed by atoms with Crippen LogP contribution < -0.4 is 15.8 Å². The van der Waals surface area contributed by atoms with E-state index >= 15 is 0 Å². The van der Waals surface area contributed by atoms with Crippen LogP contribution in [-0.2, 0) is 4.79 Å². The Morgan fingerprint density at radius 1 is 1.19 bits per heavy atom. The van der Waals surface area contributed by atoms with Gasteiger partial charge in [-0.25, -0.2) is 0 Å². The number of nitro benzene ring substituents is 1. The smallest absolute Gasteiger partial charge is 0.269 e. The van der Waals surface area contributed by atoms with Gasteiger partial charge in [-0.05, 0) is 17.7 Å². The van der Waals surface area contributed by atoms with E-state index in [9.17, 15) is 20.2 Å². The van der Waals surface area contributed by atoms with Gasteiger partial charge in [0.15, 0.2) is 0 Å². The number of amides is 1. The second kappa shape index (κ2) is 5.60. The standard InChI is InChI=1S/C18H12N4O4/c19-8-12-15(16-10-3-1-2-4-13(10)21-18(16)23)11-7-9(22(24)25)5-6-14(11)26-17(12)20/h1-7,15-16H,20H2,(H,21,23)/t15-,16+/m1/s1. The maximum absolute atomic E-state index is 12.7. The molecule has 8 nitrogen and oxygen atoms in total. The number of anilines is 1. The van der Waals surface area contributed by atoms with Crippen LogP contribution in [0.4, 0.5) is 11.4 Å². The first kappa shape index (κ1) is 15.7. The van der Waals surface area contributed by atoms with Gasteiger partial charge in [-0.2, -0.15) is 5.26 Å². The van der Waals surface area contributed by atoms with Crippen LogP contribution in [-0.4, -0.2) is 10.8 Å². The molecule has 2 heterocycles. The Balaban J connectivity index is 1.95. The molecule has 26 heavy (non-hydrogen) atoms. The van der Waals surface area contributed by atoms with E-state index in [1.807, 2.05) is 6.07 Å². The quantitative estimate of drug-likeness (QED) is 0.633. The van der Waals surface area contributed by atoms with Gasteiger partial charge in [0.1, 0.15) is 11.8 Å². The molecule has 2 aromatic carbocycles. The number of rotatable bonds is 2. The van der Waals surface area contributed by atoms with Crippen molar-refractivity contribution in [2.24, 2.45) is 5.73 Å². The van der Waals surface area contributed by atoms with Crippen molar-refractivity contribution in [3.63, 3.8) is 0 Å². The van der Waals surface area contributed by atoms with Crippen LogP contribution in [0.25, 0.3) is 0 Å². The van der Waals surface area contributed by atoms with Crippen molar-refractivity contribution in [3.8, 4) is 11.8 Å². The average Bonchev–Trinajstić information content (AvgIpc) is 2.95. The summed E-state index contributed by atoms with van der Waals surface area (Å²) in [4.78, 5) is 23.3. The maximum Gasteiger partial charge on any atom is 0.269 e. The van der Waals surface area contributed by atoms with Gasteiger partial charge >= 0.3 is 0 Å². The molecule has 4 rings (SSSR count). The highest BCUT2D eigenvalue weighted by atomic mass is 16.6. The molecule has 0 bridgehead atoms. The van der Waals surface area contributed by atoms with Crippen LogP contribution in [0, 0.1) is 21.4 Å². The molecule has 1 amide bonds.